The number of amides is 2. The third-order valence-corrected chi connectivity index (χ3v) is 6.59. The summed E-state index contributed by atoms with van der Waals surface area (Å²) in [7, 11) is 0. The molecule has 2 amide bonds. The Morgan fingerprint density at radius 3 is 2.66 bits per heavy atom. The van der Waals surface area contributed by atoms with Gasteiger partial charge in [-0.25, -0.2) is 0 Å². The molecule has 0 bridgehead atoms. The van der Waals surface area contributed by atoms with Crippen LogP contribution in [0.2, 0.25) is 10.0 Å². The van der Waals surface area contributed by atoms with Crippen LogP contribution in [-0.2, 0) is 22.6 Å². The van der Waals surface area contributed by atoms with Crippen molar-refractivity contribution >= 4 is 35.0 Å². The standard InChI is InChI=1S/C23H24Cl2N2O2/c24-20-8-7-16(12-21(20)25)18-13-19(18)23(29)26-10-3-6-22(28)27-11-9-15-4-1-2-5-17(15)14-27/h1-2,4-5,7-8,12,18-19H,3,6,9-11,13-14H2,(H,26,29). The first-order chi connectivity index (χ1) is 14.0. The average Bonchev–Trinajstić information content (AvgIpc) is 3.53. The minimum atomic E-state index is -0.0125. The van der Waals surface area contributed by atoms with E-state index >= 15 is 0 Å². The Morgan fingerprint density at radius 2 is 1.86 bits per heavy atom. The summed E-state index contributed by atoms with van der Waals surface area (Å²) in [6.45, 7) is 1.99. The molecule has 2 aromatic carbocycles. The van der Waals surface area contributed by atoms with Crippen LogP contribution in [0.25, 0.3) is 0 Å². The van der Waals surface area contributed by atoms with Crippen molar-refractivity contribution in [1.29, 1.82) is 0 Å². The molecule has 0 radical (unpaired) electrons. The number of halogens is 2. The summed E-state index contributed by atoms with van der Waals surface area (Å²) in [5, 5.41) is 4.02. The van der Waals surface area contributed by atoms with Crippen molar-refractivity contribution in [3.05, 3.63) is 69.2 Å². The lowest BCUT2D eigenvalue weighted by Crippen LogP contribution is -2.36. The van der Waals surface area contributed by atoms with Gasteiger partial charge in [0, 0.05) is 32.0 Å². The lowest BCUT2D eigenvalue weighted by Gasteiger charge is -2.29. The van der Waals surface area contributed by atoms with Gasteiger partial charge >= 0.3 is 0 Å². The van der Waals surface area contributed by atoms with Gasteiger partial charge < -0.3 is 10.2 Å². The molecule has 1 N–H and O–H groups in total. The fourth-order valence-corrected chi connectivity index (χ4v) is 4.35. The molecule has 2 aliphatic rings. The highest BCUT2D eigenvalue weighted by Gasteiger charge is 2.43. The maximum atomic E-state index is 12.5. The zero-order valence-electron chi connectivity index (χ0n) is 16.2. The number of hydrogen-bond donors (Lipinski definition) is 1. The van der Waals surface area contributed by atoms with Gasteiger partial charge in [-0.05, 0) is 54.0 Å². The Kier molecular flexibility index (Phi) is 6.12. The number of carbonyl (C=O) groups is 2. The topological polar surface area (TPSA) is 49.4 Å². The number of carbonyl (C=O) groups excluding carboxylic acids is 2. The Morgan fingerprint density at radius 1 is 1.07 bits per heavy atom. The minimum Gasteiger partial charge on any atom is -0.356 e. The van der Waals surface area contributed by atoms with Gasteiger partial charge in [-0.3, -0.25) is 9.59 Å². The van der Waals surface area contributed by atoms with E-state index in [4.69, 9.17) is 23.2 Å². The van der Waals surface area contributed by atoms with Crippen molar-refractivity contribution < 1.29 is 9.59 Å². The van der Waals surface area contributed by atoms with Crippen LogP contribution in [0.3, 0.4) is 0 Å². The molecule has 1 fully saturated rings. The Labute approximate surface area is 181 Å². The average molecular weight is 431 g/mol. The van der Waals surface area contributed by atoms with Crippen LogP contribution in [-0.4, -0.2) is 29.8 Å². The predicted octanol–water partition coefficient (Wildman–Crippen LogP) is 4.58. The second kappa shape index (κ2) is 8.76. The summed E-state index contributed by atoms with van der Waals surface area (Å²) in [6.07, 6.45) is 2.86. The molecule has 6 heteroatoms. The van der Waals surface area contributed by atoms with Crippen molar-refractivity contribution in [2.24, 2.45) is 5.92 Å². The van der Waals surface area contributed by atoms with Crippen LogP contribution in [0.1, 0.15) is 41.9 Å². The van der Waals surface area contributed by atoms with Crippen LogP contribution in [0.15, 0.2) is 42.5 Å². The van der Waals surface area contributed by atoms with Crippen LogP contribution in [0.4, 0.5) is 0 Å². The second-order valence-corrected chi connectivity index (χ2v) is 8.67. The minimum absolute atomic E-state index is 0.0125. The molecule has 1 aliphatic heterocycles. The molecule has 2 unspecified atom stereocenters. The Balaban J connectivity index is 1.18. The Bertz CT molecular complexity index is 931. The van der Waals surface area contributed by atoms with Crippen LogP contribution in [0.5, 0.6) is 0 Å². The lowest BCUT2D eigenvalue weighted by molar-refractivity contribution is -0.132. The van der Waals surface area contributed by atoms with E-state index in [1.807, 2.05) is 29.2 Å². The molecular formula is C23H24Cl2N2O2. The molecule has 1 aliphatic carbocycles. The first kappa shape index (κ1) is 20.2. The number of nitrogens with one attached hydrogen (secondary N) is 1. The SMILES string of the molecule is O=C(NCCCC(=O)N1CCc2ccccc2C1)C1CC1c1ccc(Cl)c(Cl)c1. The summed E-state index contributed by atoms with van der Waals surface area (Å²) in [6, 6.07) is 13.8. The number of hydrogen-bond acceptors (Lipinski definition) is 2. The molecule has 0 saturated heterocycles. The number of rotatable bonds is 6. The van der Waals surface area contributed by atoms with Gasteiger partial charge in [0.05, 0.1) is 10.0 Å². The first-order valence-electron chi connectivity index (χ1n) is 10.1. The quantitative estimate of drug-likeness (QED) is 0.681. The van der Waals surface area contributed by atoms with Gasteiger partial charge in [-0.15, -0.1) is 0 Å². The summed E-state index contributed by atoms with van der Waals surface area (Å²) in [4.78, 5) is 26.8. The summed E-state index contributed by atoms with van der Waals surface area (Å²) < 4.78 is 0. The normalized spacial score (nSPS) is 20.1. The fourth-order valence-electron chi connectivity index (χ4n) is 4.05. The fraction of sp³-hybridized carbons (Fsp3) is 0.391. The first-order valence-corrected chi connectivity index (χ1v) is 10.9. The molecule has 2 atom stereocenters. The maximum Gasteiger partial charge on any atom is 0.223 e. The monoisotopic (exact) mass is 430 g/mol. The highest BCUT2D eigenvalue weighted by Crippen LogP contribution is 2.48. The maximum absolute atomic E-state index is 12.5. The Hall–Kier alpha value is -2.04. The largest absolute Gasteiger partial charge is 0.356 e. The summed E-state index contributed by atoms with van der Waals surface area (Å²) in [5.41, 5.74) is 3.63. The predicted molar refractivity (Wildman–Crippen MR) is 115 cm³/mol. The molecule has 4 nitrogen and oxygen atoms in total. The highest BCUT2D eigenvalue weighted by atomic mass is 35.5. The number of benzene rings is 2. The second-order valence-electron chi connectivity index (χ2n) is 7.85. The van der Waals surface area contributed by atoms with Crippen molar-refractivity contribution in [2.75, 3.05) is 13.1 Å². The molecule has 0 spiro atoms. The van der Waals surface area contributed by atoms with E-state index in [1.54, 1.807) is 6.07 Å². The zero-order chi connectivity index (χ0) is 20.4. The number of fused-ring (bicyclic) bond motifs is 1. The van der Waals surface area contributed by atoms with Crippen LogP contribution >= 0.6 is 23.2 Å². The third kappa shape index (κ3) is 4.76. The van der Waals surface area contributed by atoms with Crippen molar-refractivity contribution in [2.45, 2.75) is 38.1 Å². The van der Waals surface area contributed by atoms with Gasteiger partial charge in [0.2, 0.25) is 11.8 Å². The van der Waals surface area contributed by atoms with Gasteiger partial charge in [0.1, 0.15) is 0 Å². The van der Waals surface area contributed by atoms with E-state index in [9.17, 15) is 9.59 Å². The summed E-state index contributed by atoms with van der Waals surface area (Å²) >= 11 is 12.0. The molecule has 0 aromatic heterocycles. The zero-order valence-corrected chi connectivity index (χ0v) is 17.7. The van der Waals surface area contributed by atoms with Crippen LogP contribution < -0.4 is 5.32 Å². The number of nitrogens with zero attached hydrogens (tertiary/aromatic N) is 1. The van der Waals surface area contributed by atoms with Gasteiger partial charge in [-0.2, -0.15) is 0 Å². The molecule has 1 heterocycles. The van der Waals surface area contributed by atoms with E-state index in [-0.39, 0.29) is 23.7 Å². The van der Waals surface area contributed by atoms with E-state index in [0.717, 1.165) is 24.9 Å². The van der Waals surface area contributed by atoms with Crippen molar-refractivity contribution in [3.8, 4) is 0 Å². The van der Waals surface area contributed by atoms with Gasteiger partial charge in [-0.1, -0.05) is 53.5 Å². The molecule has 29 heavy (non-hydrogen) atoms. The van der Waals surface area contributed by atoms with E-state index in [2.05, 4.69) is 17.4 Å². The smallest absolute Gasteiger partial charge is 0.223 e. The third-order valence-electron chi connectivity index (χ3n) is 5.85. The molecule has 2 aromatic rings. The van der Waals surface area contributed by atoms with E-state index in [1.165, 1.54) is 11.1 Å². The van der Waals surface area contributed by atoms with Gasteiger partial charge in [0.25, 0.3) is 0 Å². The van der Waals surface area contributed by atoms with E-state index < -0.39 is 0 Å². The van der Waals surface area contributed by atoms with Crippen molar-refractivity contribution in [3.63, 3.8) is 0 Å². The molecule has 152 valence electrons. The molecule has 1 saturated carbocycles. The molecule has 4 rings (SSSR count). The lowest BCUT2D eigenvalue weighted by atomic mass is 9.99. The van der Waals surface area contributed by atoms with Crippen LogP contribution in [0, 0.1) is 5.92 Å². The highest BCUT2D eigenvalue weighted by molar-refractivity contribution is 6.42. The summed E-state index contributed by atoms with van der Waals surface area (Å²) in [5.74, 6) is 0.413. The van der Waals surface area contributed by atoms with Gasteiger partial charge in [0.15, 0.2) is 0 Å². The van der Waals surface area contributed by atoms with E-state index in [0.29, 0.717) is 36.0 Å². The van der Waals surface area contributed by atoms with Crippen molar-refractivity contribution in [1.82, 2.24) is 10.2 Å². The molecular weight excluding hydrogens is 407 g/mol.